The lowest BCUT2D eigenvalue weighted by molar-refractivity contribution is -0.126. The zero-order chi connectivity index (χ0) is 20.6. The molecule has 0 atom stereocenters. The average Bonchev–Trinajstić information content (AvgIpc) is 2.71. The van der Waals surface area contributed by atoms with E-state index in [-0.39, 0.29) is 17.9 Å². The molecule has 0 bridgehead atoms. The highest BCUT2D eigenvalue weighted by Gasteiger charge is 2.26. The van der Waals surface area contributed by atoms with E-state index < -0.39 is 0 Å². The van der Waals surface area contributed by atoms with Crippen LogP contribution in [0.2, 0.25) is 0 Å². The van der Waals surface area contributed by atoms with Gasteiger partial charge in [-0.05, 0) is 77.6 Å². The van der Waals surface area contributed by atoms with Crippen LogP contribution in [-0.2, 0) is 4.79 Å². The minimum atomic E-state index is 0.136. The Morgan fingerprint density at radius 1 is 1.17 bits per heavy atom. The summed E-state index contributed by atoms with van der Waals surface area (Å²) in [4.78, 5) is 14.7. The van der Waals surface area contributed by atoms with Gasteiger partial charge in [-0.1, -0.05) is 6.42 Å². The number of hydrogen-bond donors (Lipinski definition) is 3. The molecule has 1 aromatic rings. The van der Waals surface area contributed by atoms with Gasteiger partial charge in [0, 0.05) is 30.6 Å². The molecular formula is C23H38N4O2. The van der Waals surface area contributed by atoms with Crippen molar-refractivity contribution in [2.24, 2.45) is 5.92 Å². The maximum Gasteiger partial charge on any atom is 0.223 e. The van der Waals surface area contributed by atoms with Crippen molar-refractivity contribution in [3.63, 3.8) is 0 Å². The smallest absolute Gasteiger partial charge is 0.223 e. The standard InChI is InChI=1S/C23H38N4O2/c1-17(2)25-23(28)18-6-8-19(9-7-18)26-22-16-20(10-11-21(22)24)29-15-14-27-12-4-3-5-13-27/h10-11,16-19,26H,3-9,12-15,24H2,1-2H3,(H,25,28). The summed E-state index contributed by atoms with van der Waals surface area (Å²) in [6.07, 6.45) is 7.76. The normalized spacial score (nSPS) is 23.0. The molecular weight excluding hydrogens is 364 g/mol. The molecule has 162 valence electrons. The minimum absolute atomic E-state index is 0.136. The Morgan fingerprint density at radius 2 is 1.90 bits per heavy atom. The second kappa shape index (κ2) is 10.7. The SMILES string of the molecule is CC(C)NC(=O)C1CCC(Nc2cc(OCCN3CCCCC3)ccc2N)CC1. The maximum absolute atomic E-state index is 12.2. The molecule has 2 fully saturated rings. The molecule has 0 radical (unpaired) electrons. The van der Waals surface area contributed by atoms with E-state index in [1.54, 1.807) is 0 Å². The molecule has 1 aromatic carbocycles. The van der Waals surface area contributed by atoms with Gasteiger partial charge in [0.25, 0.3) is 0 Å². The van der Waals surface area contributed by atoms with Gasteiger partial charge in [-0.2, -0.15) is 0 Å². The first-order valence-corrected chi connectivity index (χ1v) is 11.3. The van der Waals surface area contributed by atoms with Crippen LogP contribution in [0, 0.1) is 5.92 Å². The molecule has 1 amide bonds. The number of ether oxygens (including phenoxy) is 1. The van der Waals surface area contributed by atoms with Crippen LogP contribution < -0.4 is 21.1 Å². The van der Waals surface area contributed by atoms with Gasteiger partial charge in [0.15, 0.2) is 0 Å². The van der Waals surface area contributed by atoms with Gasteiger partial charge in [0.05, 0.1) is 11.4 Å². The van der Waals surface area contributed by atoms with E-state index in [4.69, 9.17) is 10.5 Å². The number of nitrogens with two attached hydrogens (primary N) is 1. The first kappa shape index (κ1) is 21.8. The van der Waals surface area contributed by atoms with Crippen molar-refractivity contribution in [2.45, 2.75) is 70.9 Å². The molecule has 1 aliphatic heterocycles. The number of nitrogen functional groups attached to an aromatic ring is 1. The number of amides is 1. The highest BCUT2D eigenvalue weighted by molar-refractivity contribution is 5.79. The number of anilines is 2. The summed E-state index contributed by atoms with van der Waals surface area (Å²) in [6, 6.07) is 6.44. The summed E-state index contributed by atoms with van der Waals surface area (Å²) in [6.45, 7) is 8.09. The fourth-order valence-electron chi connectivity index (χ4n) is 4.35. The number of carbonyl (C=O) groups excluding carboxylic acids is 1. The van der Waals surface area contributed by atoms with Crippen molar-refractivity contribution in [1.29, 1.82) is 0 Å². The summed E-state index contributed by atoms with van der Waals surface area (Å²) in [5.41, 5.74) is 7.88. The van der Waals surface area contributed by atoms with Crippen LogP contribution in [-0.4, -0.2) is 49.1 Å². The average molecular weight is 403 g/mol. The van der Waals surface area contributed by atoms with Crippen LogP contribution in [0.1, 0.15) is 58.8 Å². The Morgan fingerprint density at radius 3 is 2.59 bits per heavy atom. The molecule has 6 heteroatoms. The largest absolute Gasteiger partial charge is 0.492 e. The third kappa shape index (κ3) is 6.81. The second-order valence-electron chi connectivity index (χ2n) is 8.86. The number of nitrogens with zero attached hydrogens (tertiary/aromatic N) is 1. The van der Waals surface area contributed by atoms with E-state index in [1.807, 2.05) is 32.0 Å². The van der Waals surface area contributed by atoms with E-state index >= 15 is 0 Å². The molecule has 0 spiro atoms. The number of carbonyl (C=O) groups is 1. The van der Waals surface area contributed by atoms with Gasteiger partial charge in [0.2, 0.25) is 5.91 Å². The van der Waals surface area contributed by atoms with Crippen molar-refractivity contribution in [3.05, 3.63) is 18.2 Å². The van der Waals surface area contributed by atoms with E-state index in [0.29, 0.717) is 12.6 Å². The van der Waals surface area contributed by atoms with Crippen molar-refractivity contribution >= 4 is 17.3 Å². The van der Waals surface area contributed by atoms with Crippen molar-refractivity contribution in [3.8, 4) is 5.75 Å². The first-order valence-electron chi connectivity index (χ1n) is 11.3. The lowest BCUT2D eigenvalue weighted by Gasteiger charge is -2.30. The van der Waals surface area contributed by atoms with E-state index in [0.717, 1.165) is 49.4 Å². The van der Waals surface area contributed by atoms with Gasteiger partial charge in [-0.25, -0.2) is 0 Å². The fourth-order valence-corrected chi connectivity index (χ4v) is 4.35. The quantitative estimate of drug-likeness (QED) is 0.579. The van der Waals surface area contributed by atoms with Crippen LogP contribution >= 0.6 is 0 Å². The van der Waals surface area contributed by atoms with Crippen molar-refractivity contribution < 1.29 is 9.53 Å². The third-order valence-electron chi connectivity index (χ3n) is 6.04. The van der Waals surface area contributed by atoms with Crippen LogP contribution in [0.15, 0.2) is 18.2 Å². The summed E-state index contributed by atoms with van der Waals surface area (Å²) in [7, 11) is 0. The Balaban J connectivity index is 1.45. The molecule has 4 N–H and O–H groups in total. The number of hydrogen-bond acceptors (Lipinski definition) is 5. The van der Waals surface area contributed by atoms with E-state index in [9.17, 15) is 4.79 Å². The molecule has 0 unspecified atom stereocenters. The molecule has 3 rings (SSSR count). The van der Waals surface area contributed by atoms with Crippen LogP contribution in [0.5, 0.6) is 5.75 Å². The number of benzene rings is 1. The Hall–Kier alpha value is -1.95. The molecule has 0 aromatic heterocycles. The van der Waals surface area contributed by atoms with E-state index in [2.05, 4.69) is 15.5 Å². The molecule has 1 heterocycles. The maximum atomic E-state index is 12.2. The number of piperidine rings is 1. The highest BCUT2D eigenvalue weighted by atomic mass is 16.5. The molecule has 6 nitrogen and oxygen atoms in total. The lowest BCUT2D eigenvalue weighted by atomic mass is 9.85. The zero-order valence-electron chi connectivity index (χ0n) is 18.1. The van der Waals surface area contributed by atoms with Gasteiger partial charge in [-0.3, -0.25) is 9.69 Å². The molecule has 29 heavy (non-hydrogen) atoms. The molecule has 1 saturated heterocycles. The molecule has 2 aliphatic rings. The Kier molecular flexibility index (Phi) is 8.04. The summed E-state index contributed by atoms with van der Waals surface area (Å²) >= 11 is 0. The topological polar surface area (TPSA) is 79.6 Å². The predicted octanol–water partition coefficient (Wildman–Crippen LogP) is 3.63. The molecule has 1 saturated carbocycles. The first-order chi connectivity index (χ1) is 14.0. The predicted molar refractivity (Wildman–Crippen MR) is 119 cm³/mol. The van der Waals surface area contributed by atoms with Gasteiger partial charge in [-0.15, -0.1) is 0 Å². The summed E-state index contributed by atoms with van der Waals surface area (Å²) < 4.78 is 5.99. The number of nitrogens with one attached hydrogen (secondary N) is 2. The fraction of sp³-hybridized carbons (Fsp3) is 0.696. The minimum Gasteiger partial charge on any atom is -0.492 e. The summed E-state index contributed by atoms with van der Waals surface area (Å²) in [5.74, 6) is 1.20. The van der Waals surface area contributed by atoms with Gasteiger partial charge < -0.3 is 21.1 Å². The lowest BCUT2D eigenvalue weighted by Crippen LogP contribution is -2.38. The zero-order valence-corrected chi connectivity index (χ0v) is 18.1. The summed E-state index contributed by atoms with van der Waals surface area (Å²) in [5, 5.41) is 6.62. The van der Waals surface area contributed by atoms with Crippen LogP contribution in [0.3, 0.4) is 0 Å². The Bertz CT molecular complexity index is 650. The second-order valence-corrected chi connectivity index (χ2v) is 8.86. The van der Waals surface area contributed by atoms with Gasteiger partial charge >= 0.3 is 0 Å². The highest BCUT2D eigenvalue weighted by Crippen LogP contribution is 2.30. The number of likely N-dealkylation sites (tertiary alicyclic amines) is 1. The van der Waals surface area contributed by atoms with Crippen molar-refractivity contribution in [2.75, 3.05) is 37.3 Å². The monoisotopic (exact) mass is 402 g/mol. The van der Waals surface area contributed by atoms with Crippen LogP contribution in [0.25, 0.3) is 0 Å². The Labute approximate surface area is 175 Å². The third-order valence-corrected chi connectivity index (χ3v) is 6.04. The van der Waals surface area contributed by atoms with Gasteiger partial charge in [0.1, 0.15) is 12.4 Å². The van der Waals surface area contributed by atoms with Crippen LogP contribution in [0.4, 0.5) is 11.4 Å². The molecule has 1 aliphatic carbocycles. The van der Waals surface area contributed by atoms with E-state index in [1.165, 1.54) is 32.4 Å². The number of rotatable bonds is 8. The van der Waals surface area contributed by atoms with Crippen molar-refractivity contribution in [1.82, 2.24) is 10.2 Å².